The molecular formula is C14H13N3O2. The minimum absolute atomic E-state index is 0.198. The summed E-state index contributed by atoms with van der Waals surface area (Å²) in [6, 6.07) is 15.4. The van der Waals surface area contributed by atoms with Crippen LogP contribution in [0, 0.1) is 0 Å². The molecule has 5 heteroatoms. The monoisotopic (exact) mass is 255 g/mol. The highest BCUT2D eigenvalue weighted by atomic mass is 16.2. The van der Waals surface area contributed by atoms with Gasteiger partial charge in [-0.25, -0.2) is 5.84 Å². The molecule has 96 valence electrons. The van der Waals surface area contributed by atoms with Crippen molar-refractivity contribution in [1.29, 1.82) is 0 Å². The molecule has 0 unspecified atom stereocenters. The standard InChI is InChI=1S/C14H13N3O2/c15-17-14(19)11-6-8-12(9-7-11)16-13(18)10-4-2-1-3-5-10/h1-9H,15H2,(H,16,18)(H,17,19). The Bertz CT molecular complexity index is 579. The fourth-order valence-electron chi connectivity index (χ4n) is 1.58. The van der Waals surface area contributed by atoms with Gasteiger partial charge in [0, 0.05) is 16.8 Å². The molecule has 0 fully saturated rings. The number of carbonyl (C=O) groups is 2. The van der Waals surface area contributed by atoms with Crippen LogP contribution in [-0.2, 0) is 0 Å². The Morgan fingerprint density at radius 1 is 0.789 bits per heavy atom. The minimum Gasteiger partial charge on any atom is -0.322 e. The normalized spacial score (nSPS) is 9.74. The summed E-state index contributed by atoms with van der Waals surface area (Å²) < 4.78 is 0. The lowest BCUT2D eigenvalue weighted by atomic mass is 10.2. The van der Waals surface area contributed by atoms with Crippen LogP contribution in [0.2, 0.25) is 0 Å². The quantitative estimate of drug-likeness (QED) is 0.442. The van der Waals surface area contributed by atoms with Crippen LogP contribution in [0.15, 0.2) is 54.6 Å². The molecule has 4 N–H and O–H groups in total. The van der Waals surface area contributed by atoms with Crippen molar-refractivity contribution in [2.75, 3.05) is 5.32 Å². The lowest BCUT2D eigenvalue weighted by Crippen LogP contribution is -2.29. The Labute approximate surface area is 110 Å². The van der Waals surface area contributed by atoms with E-state index >= 15 is 0 Å². The Morgan fingerprint density at radius 3 is 1.95 bits per heavy atom. The van der Waals surface area contributed by atoms with Gasteiger partial charge in [0.15, 0.2) is 0 Å². The van der Waals surface area contributed by atoms with E-state index in [-0.39, 0.29) is 11.8 Å². The number of nitrogens with one attached hydrogen (secondary N) is 2. The molecule has 2 rings (SSSR count). The van der Waals surface area contributed by atoms with Gasteiger partial charge in [0.2, 0.25) is 0 Å². The van der Waals surface area contributed by atoms with Gasteiger partial charge >= 0.3 is 0 Å². The first-order valence-corrected chi connectivity index (χ1v) is 5.68. The molecule has 0 aliphatic rings. The van der Waals surface area contributed by atoms with Gasteiger partial charge in [0.25, 0.3) is 11.8 Å². The molecule has 0 radical (unpaired) electrons. The smallest absolute Gasteiger partial charge is 0.265 e. The Hall–Kier alpha value is -2.66. The predicted molar refractivity (Wildman–Crippen MR) is 72.5 cm³/mol. The van der Waals surface area contributed by atoms with E-state index in [4.69, 9.17) is 5.84 Å². The average Bonchev–Trinajstić information content (AvgIpc) is 2.48. The first-order valence-electron chi connectivity index (χ1n) is 5.68. The second kappa shape index (κ2) is 5.79. The lowest BCUT2D eigenvalue weighted by molar-refractivity contribution is 0.0953. The second-order valence-electron chi connectivity index (χ2n) is 3.87. The summed E-state index contributed by atoms with van der Waals surface area (Å²) in [6.45, 7) is 0. The number of hydrazine groups is 1. The van der Waals surface area contributed by atoms with Crippen molar-refractivity contribution < 1.29 is 9.59 Å². The number of nitrogen functional groups attached to an aromatic ring is 1. The van der Waals surface area contributed by atoms with E-state index in [9.17, 15) is 9.59 Å². The number of carbonyl (C=O) groups excluding carboxylic acids is 2. The number of amides is 2. The molecule has 2 aromatic rings. The largest absolute Gasteiger partial charge is 0.322 e. The van der Waals surface area contributed by atoms with E-state index in [0.717, 1.165) is 0 Å². The van der Waals surface area contributed by atoms with Crippen LogP contribution in [0.1, 0.15) is 20.7 Å². The maximum absolute atomic E-state index is 11.9. The molecule has 0 spiro atoms. The summed E-state index contributed by atoms with van der Waals surface area (Å²) in [5.74, 6) is 4.46. The van der Waals surface area contributed by atoms with Gasteiger partial charge in [0.05, 0.1) is 0 Å². The van der Waals surface area contributed by atoms with E-state index in [1.54, 1.807) is 48.5 Å². The number of rotatable bonds is 3. The zero-order valence-electron chi connectivity index (χ0n) is 10.1. The summed E-state index contributed by atoms with van der Waals surface area (Å²) in [5, 5.41) is 2.74. The van der Waals surface area contributed by atoms with Crippen molar-refractivity contribution in [3.8, 4) is 0 Å². The van der Waals surface area contributed by atoms with Gasteiger partial charge in [0.1, 0.15) is 0 Å². The van der Waals surface area contributed by atoms with Crippen LogP contribution in [0.5, 0.6) is 0 Å². The number of benzene rings is 2. The first-order chi connectivity index (χ1) is 9.20. The highest BCUT2D eigenvalue weighted by molar-refractivity contribution is 6.04. The molecule has 0 heterocycles. The molecule has 0 saturated carbocycles. The molecule has 0 bridgehead atoms. The molecule has 0 atom stereocenters. The Morgan fingerprint density at radius 2 is 1.37 bits per heavy atom. The molecular weight excluding hydrogens is 242 g/mol. The molecule has 2 aromatic carbocycles. The summed E-state index contributed by atoms with van der Waals surface area (Å²) in [4.78, 5) is 23.1. The SMILES string of the molecule is NNC(=O)c1ccc(NC(=O)c2ccccc2)cc1. The van der Waals surface area contributed by atoms with Crippen LogP contribution >= 0.6 is 0 Å². The Kier molecular flexibility index (Phi) is 3.90. The van der Waals surface area contributed by atoms with Gasteiger partial charge in [-0.2, -0.15) is 0 Å². The van der Waals surface area contributed by atoms with Gasteiger partial charge in [-0.15, -0.1) is 0 Å². The summed E-state index contributed by atoms with van der Waals surface area (Å²) in [5.41, 5.74) is 3.66. The third-order valence-electron chi connectivity index (χ3n) is 2.57. The van der Waals surface area contributed by atoms with Crippen molar-refractivity contribution in [1.82, 2.24) is 5.43 Å². The first kappa shape index (κ1) is 12.8. The summed E-state index contributed by atoms with van der Waals surface area (Å²) in [6.07, 6.45) is 0. The molecule has 0 aliphatic heterocycles. The van der Waals surface area contributed by atoms with Crippen LogP contribution in [0.4, 0.5) is 5.69 Å². The molecule has 2 amide bonds. The molecule has 5 nitrogen and oxygen atoms in total. The van der Waals surface area contributed by atoms with Crippen LogP contribution < -0.4 is 16.6 Å². The van der Waals surface area contributed by atoms with Crippen LogP contribution in [-0.4, -0.2) is 11.8 Å². The third kappa shape index (κ3) is 3.17. The minimum atomic E-state index is -0.374. The van der Waals surface area contributed by atoms with Crippen LogP contribution in [0.25, 0.3) is 0 Å². The van der Waals surface area contributed by atoms with Crippen molar-refractivity contribution in [3.63, 3.8) is 0 Å². The number of hydrogen-bond acceptors (Lipinski definition) is 3. The van der Waals surface area contributed by atoms with Gasteiger partial charge in [-0.05, 0) is 36.4 Å². The number of anilines is 1. The highest BCUT2D eigenvalue weighted by Gasteiger charge is 2.06. The van der Waals surface area contributed by atoms with Crippen molar-refractivity contribution in [3.05, 3.63) is 65.7 Å². The topological polar surface area (TPSA) is 84.2 Å². The summed E-state index contributed by atoms with van der Waals surface area (Å²) in [7, 11) is 0. The average molecular weight is 255 g/mol. The molecule has 0 aliphatic carbocycles. The maximum Gasteiger partial charge on any atom is 0.265 e. The molecule has 0 saturated heterocycles. The summed E-state index contributed by atoms with van der Waals surface area (Å²) >= 11 is 0. The van der Waals surface area contributed by atoms with Crippen molar-refractivity contribution >= 4 is 17.5 Å². The van der Waals surface area contributed by atoms with Gasteiger partial charge < -0.3 is 5.32 Å². The van der Waals surface area contributed by atoms with Gasteiger partial charge in [-0.1, -0.05) is 18.2 Å². The predicted octanol–water partition coefficient (Wildman–Crippen LogP) is 1.54. The zero-order chi connectivity index (χ0) is 13.7. The van der Waals surface area contributed by atoms with E-state index in [0.29, 0.717) is 16.8 Å². The number of hydrogen-bond donors (Lipinski definition) is 3. The van der Waals surface area contributed by atoms with E-state index < -0.39 is 0 Å². The van der Waals surface area contributed by atoms with Crippen molar-refractivity contribution in [2.45, 2.75) is 0 Å². The van der Waals surface area contributed by atoms with Gasteiger partial charge in [-0.3, -0.25) is 15.0 Å². The van der Waals surface area contributed by atoms with E-state index in [1.807, 2.05) is 11.5 Å². The van der Waals surface area contributed by atoms with Crippen molar-refractivity contribution in [2.24, 2.45) is 5.84 Å². The molecule has 19 heavy (non-hydrogen) atoms. The maximum atomic E-state index is 11.9. The van der Waals surface area contributed by atoms with Crippen LogP contribution in [0.3, 0.4) is 0 Å². The highest BCUT2D eigenvalue weighted by Crippen LogP contribution is 2.11. The van der Waals surface area contributed by atoms with E-state index in [2.05, 4.69) is 5.32 Å². The fourth-order valence-corrected chi connectivity index (χ4v) is 1.58. The third-order valence-corrected chi connectivity index (χ3v) is 2.57. The zero-order valence-corrected chi connectivity index (χ0v) is 10.1. The molecule has 0 aromatic heterocycles. The Balaban J connectivity index is 2.08. The van der Waals surface area contributed by atoms with E-state index in [1.165, 1.54) is 0 Å². The fraction of sp³-hybridized carbons (Fsp3) is 0. The number of nitrogens with two attached hydrogens (primary N) is 1. The second-order valence-corrected chi connectivity index (χ2v) is 3.87. The lowest BCUT2D eigenvalue weighted by Gasteiger charge is -2.06.